The third-order valence-electron chi connectivity index (χ3n) is 4.29. The van der Waals surface area contributed by atoms with Crippen LogP contribution in [0.5, 0.6) is 0 Å². The summed E-state index contributed by atoms with van der Waals surface area (Å²) in [5, 5.41) is 13.9. The standard InChI is InChI=1S/C20H19N3O4/c1-12(2)22-19(24)17(14-7-9-16(10-8-14)23(26)27)18(20(22)25)21-15-6-4-5-13(3)11-15/h4-12,21H,1-3H3. The highest BCUT2D eigenvalue weighted by atomic mass is 16.6. The van der Waals surface area contributed by atoms with Crippen LogP contribution in [0.4, 0.5) is 11.4 Å². The minimum Gasteiger partial charge on any atom is -0.350 e. The molecule has 0 atom stereocenters. The van der Waals surface area contributed by atoms with Crippen LogP contribution in [0.1, 0.15) is 25.0 Å². The second-order valence-electron chi connectivity index (χ2n) is 6.62. The Hall–Kier alpha value is -3.48. The van der Waals surface area contributed by atoms with Gasteiger partial charge in [-0.05, 0) is 56.2 Å². The minimum atomic E-state index is -0.508. The van der Waals surface area contributed by atoms with Crippen LogP contribution in [-0.4, -0.2) is 27.7 Å². The number of non-ortho nitro benzene ring substituents is 1. The zero-order valence-corrected chi connectivity index (χ0v) is 15.2. The van der Waals surface area contributed by atoms with Crippen LogP contribution >= 0.6 is 0 Å². The second-order valence-corrected chi connectivity index (χ2v) is 6.62. The van der Waals surface area contributed by atoms with Crippen LogP contribution in [-0.2, 0) is 9.59 Å². The molecule has 27 heavy (non-hydrogen) atoms. The van der Waals surface area contributed by atoms with Crippen LogP contribution in [0.25, 0.3) is 5.57 Å². The molecule has 0 fully saturated rings. The van der Waals surface area contributed by atoms with Gasteiger partial charge in [-0.25, -0.2) is 0 Å². The molecule has 1 N–H and O–H groups in total. The molecule has 3 rings (SSSR count). The number of nitrogens with zero attached hydrogens (tertiary/aromatic N) is 2. The summed E-state index contributed by atoms with van der Waals surface area (Å²) in [5.41, 5.74) is 2.46. The van der Waals surface area contributed by atoms with Gasteiger partial charge in [0.25, 0.3) is 17.5 Å². The van der Waals surface area contributed by atoms with E-state index in [1.807, 2.05) is 31.2 Å². The fourth-order valence-electron chi connectivity index (χ4n) is 3.02. The number of hydrogen-bond donors (Lipinski definition) is 1. The normalized spacial score (nSPS) is 14.3. The van der Waals surface area contributed by atoms with Crippen molar-refractivity contribution in [2.75, 3.05) is 5.32 Å². The molecule has 1 aliphatic heterocycles. The van der Waals surface area contributed by atoms with Crippen molar-refractivity contribution in [1.82, 2.24) is 4.90 Å². The molecule has 0 spiro atoms. The molecule has 0 saturated heterocycles. The number of rotatable bonds is 5. The summed E-state index contributed by atoms with van der Waals surface area (Å²) in [6.45, 7) is 5.45. The number of anilines is 1. The summed E-state index contributed by atoms with van der Waals surface area (Å²) in [7, 11) is 0. The number of carbonyl (C=O) groups is 2. The first kappa shape index (κ1) is 18.3. The van der Waals surface area contributed by atoms with Crippen molar-refractivity contribution in [2.45, 2.75) is 26.8 Å². The fraction of sp³-hybridized carbons (Fsp3) is 0.200. The number of aryl methyl sites for hydroxylation is 1. The lowest BCUT2D eigenvalue weighted by atomic mass is 10.0. The maximum Gasteiger partial charge on any atom is 0.278 e. The average Bonchev–Trinajstić information content (AvgIpc) is 2.85. The van der Waals surface area contributed by atoms with Gasteiger partial charge in [0.2, 0.25) is 0 Å². The molecule has 2 aromatic rings. The van der Waals surface area contributed by atoms with Gasteiger partial charge in [-0.15, -0.1) is 0 Å². The summed E-state index contributed by atoms with van der Waals surface area (Å²) in [5.74, 6) is -0.830. The maximum absolute atomic E-state index is 12.9. The summed E-state index contributed by atoms with van der Waals surface area (Å²) in [6.07, 6.45) is 0. The van der Waals surface area contributed by atoms with Gasteiger partial charge in [0, 0.05) is 23.9 Å². The van der Waals surface area contributed by atoms with Crippen molar-refractivity contribution < 1.29 is 14.5 Å². The number of nitrogens with one attached hydrogen (secondary N) is 1. The molecule has 0 aliphatic carbocycles. The highest BCUT2D eigenvalue weighted by Gasteiger charge is 2.40. The Morgan fingerprint density at radius 1 is 1.04 bits per heavy atom. The van der Waals surface area contributed by atoms with E-state index in [4.69, 9.17) is 0 Å². The average molecular weight is 365 g/mol. The van der Waals surface area contributed by atoms with Gasteiger partial charge in [-0.2, -0.15) is 0 Å². The van der Waals surface area contributed by atoms with E-state index in [1.54, 1.807) is 13.8 Å². The van der Waals surface area contributed by atoms with E-state index in [0.717, 1.165) is 5.56 Å². The number of imide groups is 1. The number of carbonyl (C=O) groups excluding carboxylic acids is 2. The molecule has 138 valence electrons. The van der Waals surface area contributed by atoms with Crippen LogP contribution < -0.4 is 5.32 Å². The summed E-state index contributed by atoms with van der Waals surface area (Å²) in [6, 6.07) is 12.8. The van der Waals surface area contributed by atoms with Crippen LogP contribution in [0, 0.1) is 17.0 Å². The summed E-state index contributed by atoms with van der Waals surface area (Å²) >= 11 is 0. The van der Waals surface area contributed by atoms with Crippen molar-refractivity contribution in [3.05, 3.63) is 75.5 Å². The summed E-state index contributed by atoms with van der Waals surface area (Å²) < 4.78 is 0. The first-order valence-corrected chi connectivity index (χ1v) is 8.50. The van der Waals surface area contributed by atoms with E-state index >= 15 is 0 Å². The number of nitro groups is 1. The molecule has 1 aliphatic rings. The summed E-state index contributed by atoms with van der Waals surface area (Å²) in [4.78, 5) is 37.4. The molecule has 0 aromatic heterocycles. The molecule has 1 heterocycles. The molecular weight excluding hydrogens is 346 g/mol. The largest absolute Gasteiger partial charge is 0.350 e. The molecular formula is C20H19N3O4. The van der Waals surface area contributed by atoms with Gasteiger partial charge in [-0.3, -0.25) is 24.6 Å². The maximum atomic E-state index is 12.9. The SMILES string of the molecule is Cc1cccc(NC2=C(c3ccc([N+](=O)[O-])cc3)C(=O)N(C(C)C)C2=O)c1. The predicted molar refractivity (Wildman–Crippen MR) is 102 cm³/mol. The minimum absolute atomic E-state index is 0.0787. The van der Waals surface area contributed by atoms with Crippen LogP contribution in [0.3, 0.4) is 0 Å². The molecule has 0 radical (unpaired) electrons. The molecule has 7 heteroatoms. The lowest BCUT2D eigenvalue weighted by molar-refractivity contribution is -0.384. The van der Waals surface area contributed by atoms with E-state index in [-0.39, 0.29) is 23.0 Å². The molecule has 0 saturated carbocycles. The lowest BCUT2D eigenvalue weighted by Gasteiger charge is -2.19. The first-order chi connectivity index (χ1) is 12.8. The molecule has 0 bridgehead atoms. The smallest absolute Gasteiger partial charge is 0.278 e. The number of nitro benzene ring substituents is 1. The van der Waals surface area contributed by atoms with Gasteiger partial charge in [0.05, 0.1) is 10.5 Å². The van der Waals surface area contributed by atoms with Gasteiger partial charge in [0.1, 0.15) is 5.70 Å². The Bertz CT molecular complexity index is 961. The fourth-order valence-corrected chi connectivity index (χ4v) is 3.02. The first-order valence-electron chi connectivity index (χ1n) is 8.50. The Labute approximate surface area is 156 Å². The Morgan fingerprint density at radius 3 is 2.26 bits per heavy atom. The van der Waals surface area contributed by atoms with Crippen molar-refractivity contribution in [1.29, 1.82) is 0 Å². The van der Waals surface area contributed by atoms with Crippen molar-refractivity contribution in [3.8, 4) is 0 Å². The second kappa shape index (κ2) is 7.03. The quantitative estimate of drug-likeness (QED) is 0.497. The monoisotopic (exact) mass is 365 g/mol. The number of hydrogen-bond acceptors (Lipinski definition) is 5. The lowest BCUT2D eigenvalue weighted by Crippen LogP contribution is -2.38. The van der Waals surface area contributed by atoms with Crippen molar-refractivity contribution in [3.63, 3.8) is 0 Å². The van der Waals surface area contributed by atoms with Crippen molar-refractivity contribution >= 4 is 28.8 Å². The van der Waals surface area contributed by atoms with Gasteiger partial charge >= 0.3 is 0 Å². The van der Waals surface area contributed by atoms with E-state index in [1.165, 1.54) is 29.2 Å². The Balaban J connectivity index is 2.09. The van der Waals surface area contributed by atoms with Gasteiger partial charge in [-0.1, -0.05) is 12.1 Å². The van der Waals surface area contributed by atoms with E-state index in [9.17, 15) is 19.7 Å². The Morgan fingerprint density at radius 2 is 1.70 bits per heavy atom. The zero-order chi connectivity index (χ0) is 19.7. The molecule has 7 nitrogen and oxygen atoms in total. The Kier molecular flexibility index (Phi) is 4.77. The van der Waals surface area contributed by atoms with E-state index < -0.39 is 16.7 Å². The predicted octanol–water partition coefficient (Wildman–Crippen LogP) is 3.50. The highest BCUT2D eigenvalue weighted by molar-refractivity contribution is 6.36. The molecule has 2 aromatic carbocycles. The van der Waals surface area contributed by atoms with Crippen molar-refractivity contribution in [2.24, 2.45) is 0 Å². The van der Waals surface area contributed by atoms with E-state index in [0.29, 0.717) is 11.3 Å². The topological polar surface area (TPSA) is 92.6 Å². The third-order valence-corrected chi connectivity index (χ3v) is 4.29. The van der Waals surface area contributed by atoms with Gasteiger partial charge < -0.3 is 5.32 Å². The van der Waals surface area contributed by atoms with Gasteiger partial charge in [0.15, 0.2) is 0 Å². The van der Waals surface area contributed by atoms with Crippen LogP contribution in [0.2, 0.25) is 0 Å². The molecule has 2 amide bonds. The third kappa shape index (κ3) is 3.44. The van der Waals surface area contributed by atoms with E-state index in [2.05, 4.69) is 5.32 Å². The number of benzene rings is 2. The highest BCUT2D eigenvalue weighted by Crippen LogP contribution is 2.32. The zero-order valence-electron chi connectivity index (χ0n) is 15.2. The number of amides is 2. The van der Waals surface area contributed by atoms with Crippen LogP contribution in [0.15, 0.2) is 54.2 Å². The molecule has 0 unspecified atom stereocenters.